The van der Waals surface area contributed by atoms with Crippen LogP contribution in [0.4, 0.5) is 11.4 Å². The molecular formula is C27H26ClN3O5S. The molecule has 1 N–H and O–H groups in total. The first-order valence-electron chi connectivity index (χ1n) is 11.6. The summed E-state index contributed by atoms with van der Waals surface area (Å²) in [7, 11) is -4.19. The summed E-state index contributed by atoms with van der Waals surface area (Å²) in [6.45, 7) is 3.20. The Kier molecular flexibility index (Phi) is 7.77. The Bertz CT molecular complexity index is 1440. The van der Waals surface area contributed by atoms with E-state index < -0.39 is 27.9 Å². The van der Waals surface area contributed by atoms with Crippen LogP contribution < -0.4 is 10.2 Å². The van der Waals surface area contributed by atoms with Crippen LogP contribution in [0, 0.1) is 6.92 Å². The van der Waals surface area contributed by atoms with Gasteiger partial charge in [-0.05, 0) is 67.4 Å². The molecule has 10 heteroatoms. The lowest BCUT2D eigenvalue weighted by atomic mass is 10.1. The summed E-state index contributed by atoms with van der Waals surface area (Å²) in [5, 5.41) is 3.11. The molecule has 4 rings (SSSR count). The van der Waals surface area contributed by atoms with E-state index >= 15 is 0 Å². The first kappa shape index (κ1) is 26.5. The van der Waals surface area contributed by atoms with E-state index in [1.165, 1.54) is 31.2 Å². The number of hydrogen-bond donors (Lipinski definition) is 1. The number of hydrogen-bond acceptors (Lipinski definition) is 5. The molecular weight excluding hydrogens is 514 g/mol. The number of amides is 3. The summed E-state index contributed by atoms with van der Waals surface area (Å²) < 4.78 is 28.7. The maximum absolute atomic E-state index is 13.8. The molecule has 1 heterocycles. The first-order valence-corrected chi connectivity index (χ1v) is 13.5. The predicted molar refractivity (Wildman–Crippen MR) is 142 cm³/mol. The highest BCUT2D eigenvalue weighted by molar-refractivity contribution is 7.89. The molecule has 0 radical (unpaired) electrons. The Morgan fingerprint density at radius 3 is 2.35 bits per heavy atom. The van der Waals surface area contributed by atoms with Crippen molar-refractivity contribution in [1.29, 1.82) is 0 Å². The van der Waals surface area contributed by atoms with Gasteiger partial charge in [-0.2, -0.15) is 4.31 Å². The molecule has 192 valence electrons. The maximum Gasteiger partial charge on any atom is 0.252 e. The van der Waals surface area contributed by atoms with Crippen LogP contribution in [0.1, 0.15) is 24.5 Å². The molecule has 3 aromatic carbocycles. The Morgan fingerprint density at radius 2 is 1.73 bits per heavy atom. The molecule has 0 aromatic heterocycles. The van der Waals surface area contributed by atoms with Gasteiger partial charge in [0.15, 0.2) is 0 Å². The summed E-state index contributed by atoms with van der Waals surface area (Å²) in [6.07, 6.45) is 0.0116. The van der Waals surface area contributed by atoms with E-state index in [4.69, 9.17) is 11.6 Å². The minimum atomic E-state index is -4.19. The van der Waals surface area contributed by atoms with Crippen LogP contribution in [-0.2, 0) is 30.8 Å². The Hall–Kier alpha value is -3.53. The van der Waals surface area contributed by atoms with Gasteiger partial charge in [-0.15, -0.1) is 0 Å². The molecule has 1 aliphatic rings. The zero-order valence-electron chi connectivity index (χ0n) is 20.3. The number of carbonyl (C=O) groups excluding carboxylic acids is 3. The van der Waals surface area contributed by atoms with Crippen molar-refractivity contribution in [3.63, 3.8) is 0 Å². The fourth-order valence-corrected chi connectivity index (χ4v) is 6.03. The van der Waals surface area contributed by atoms with E-state index in [0.29, 0.717) is 16.4 Å². The normalized spacial score (nSPS) is 15.9. The molecule has 1 unspecified atom stereocenters. The molecule has 1 aliphatic heterocycles. The third kappa shape index (κ3) is 5.90. The van der Waals surface area contributed by atoms with Crippen LogP contribution in [0.25, 0.3) is 0 Å². The number of aryl methyl sites for hydroxylation is 1. The molecule has 1 atom stereocenters. The zero-order valence-corrected chi connectivity index (χ0v) is 21.9. The number of imide groups is 1. The number of halogens is 1. The summed E-state index contributed by atoms with van der Waals surface area (Å²) in [6, 6.07) is 18.4. The number of carbonyl (C=O) groups is 3. The van der Waals surface area contributed by atoms with E-state index in [-0.39, 0.29) is 30.2 Å². The minimum Gasteiger partial charge on any atom is -0.326 e. The van der Waals surface area contributed by atoms with Crippen LogP contribution >= 0.6 is 11.6 Å². The number of nitrogens with zero attached hydrogens (tertiary/aromatic N) is 2. The van der Waals surface area contributed by atoms with Crippen molar-refractivity contribution in [3.8, 4) is 0 Å². The van der Waals surface area contributed by atoms with E-state index in [9.17, 15) is 22.8 Å². The second-order valence-corrected chi connectivity index (χ2v) is 11.2. The fourth-order valence-electron chi connectivity index (χ4n) is 4.23. The maximum atomic E-state index is 13.8. The van der Waals surface area contributed by atoms with Crippen molar-refractivity contribution in [2.75, 3.05) is 16.8 Å². The third-order valence-corrected chi connectivity index (χ3v) is 8.21. The summed E-state index contributed by atoms with van der Waals surface area (Å²) in [4.78, 5) is 38.8. The van der Waals surface area contributed by atoms with E-state index in [1.54, 1.807) is 42.5 Å². The standard InChI is InChI=1S/C27H26ClN3O5S/c1-18-6-10-23(11-7-18)31-26(33)17-25(27(31)34)30(15-14-20-4-3-5-21(28)16-20)37(35,36)24-12-8-22(9-13-24)29-19(2)32/h3-13,16,25H,14-15,17H2,1-2H3,(H,29,32). The van der Waals surface area contributed by atoms with Crippen LogP contribution in [0.5, 0.6) is 0 Å². The average molecular weight is 540 g/mol. The molecule has 0 spiro atoms. The van der Waals surface area contributed by atoms with Gasteiger partial charge >= 0.3 is 0 Å². The smallest absolute Gasteiger partial charge is 0.252 e. The third-order valence-electron chi connectivity index (χ3n) is 6.05. The monoisotopic (exact) mass is 539 g/mol. The van der Waals surface area contributed by atoms with E-state index in [0.717, 1.165) is 20.3 Å². The van der Waals surface area contributed by atoms with Crippen molar-refractivity contribution in [2.24, 2.45) is 0 Å². The van der Waals surface area contributed by atoms with Gasteiger partial charge in [0.25, 0.3) is 5.91 Å². The van der Waals surface area contributed by atoms with E-state index in [1.807, 2.05) is 13.0 Å². The highest BCUT2D eigenvalue weighted by Gasteiger charge is 2.46. The van der Waals surface area contributed by atoms with Crippen molar-refractivity contribution in [3.05, 3.63) is 88.9 Å². The highest BCUT2D eigenvalue weighted by Crippen LogP contribution is 2.30. The van der Waals surface area contributed by atoms with Gasteiger partial charge in [0, 0.05) is 24.2 Å². The van der Waals surface area contributed by atoms with Crippen molar-refractivity contribution >= 4 is 50.7 Å². The van der Waals surface area contributed by atoms with Crippen LogP contribution in [0.2, 0.25) is 5.02 Å². The number of sulfonamides is 1. The largest absolute Gasteiger partial charge is 0.326 e. The van der Waals surface area contributed by atoms with Crippen LogP contribution in [0.3, 0.4) is 0 Å². The Balaban J connectivity index is 1.68. The van der Waals surface area contributed by atoms with Crippen LogP contribution in [-0.4, -0.2) is 43.0 Å². The van der Waals surface area contributed by atoms with Crippen molar-refractivity contribution in [2.45, 2.75) is 37.6 Å². The highest BCUT2D eigenvalue weighted by atomic mass is 35.5. The lowest BCUT2D eigenvalue weighted by Gasteiger charge is -2.27. The molecule has 1 fully saturated rings. The van der Waals surface area contributed by atoms with Gasteiger partial charge in [-0.25, -0.2) is 13.3 Å². The quantitative estimate of drug-likeness (QED) is 0.433. The predicted octanol–water partition coefficient (Wildman–Crippen LogP) is 4.17. The molecule has 1 saturated heterocycles. The molecule has 3 amide bonds. The van der Waals surface area contributed by atoms with Gasteiger partial charge in [0.1, 0.15) is 6.04 Å². The number of anilines is 2. The SMILES string of the molecule is CC(=O)Nc1ccc(S(=O)(=O)N(CCc2cccc(Cl)c2)C2CC(=O)N(c3ccc(C)cc3)C2=O)cc1. The Morgan fingerprint density at radius 1 is 1.05 bits per heavy atom. The topological polar surface area (TPSA) is 104 Å². The van der Waals surface area contributed by atoms with E-state index in [2.05, 4.69) is 5.32 Å². The van der Waals surface area contributed by atoms with Gasteiger partial charge in [0.05, 0.1) is 17.0 Å². The molecule has 0 saturated carbocycles. The number of nitrogens with one attached hydrogen (secondary N) is 1. The summed E-state index contributed by atoms with van der Waals surface area (Å²) in [5.74, 6) is -1.36. The first-order chi connectivity index (χ1) is 17.6. The zero-order chi connectivity index (χ0) is 26.7. The van der Waals surface area contributed by atoms with Gasteiger partial charge < -0.3 is 5.32 Å². The lowest BCUT2D eigenvalue weighted by molar-refractivity contribution is -0.122. The second-order valence-electron chi connectivity index (χ2n) is 8.82. The van der Waals surface area contributed by atoms with Gasteiger partial charge in [0.2, 0.25) is 21.8 Å². The van der Waals surface area contributed by atoms with Crippen molar-refractivity contribution < 1.29 is 22.8 Å². The Labute approximate surface area is 220 Å². The average Bonchev–Trinajstić information content (AvgIpc) is 3.13. The second kappa shape index (κ2) is 10.8. The number of benzene rings is 3. The molecule has 37 heavy (non-hydrogen) atoms. The van der Waals surface area contributed by atoms with Crippen LogP contribution in [0.15, 0.2) is 77.7 Å². The molecule has 8 nitrogen and oxygen atoms in total. The fraction of sp³-hybridized carbons (Fsp3) is 0.222. The molecule has 0 aliphatic carbocycles. The van der Waals surface area contributed by atoms with Gasteiger partial charge in [-0.3, -0.25) is 14.4 Å². The molecule has 0 bridgehead atoms. The summed E-state index contributed by atoms with van der Waals surface area (Å²) >= 11 is 6.10. The van der Waals surface area contributed by atoms with Crippen molar-refractivity contribution in [1.82, 2.24) is 4.31 Å². The lowest BCUT2D eigenvalue weighted by Crippen LogP contribution is -2.46. The number of rotatable bonds is 8. The minimum absolute atomic E-state index is 0.0401. The van der Waals surface area contributed by atoms with Gasteiger partial charge in [-0.1, -0.05) is 41.4 Å². The summed E-state index contributed by atoms with van der Waals surface area (Å²) in [5.41, 5.74) is 2.60. The molecule has 3 aromatic rings.